The Balaban J connectivity index is 2.11. The molecule has 1 saturated heterocycles. The molecule has 1 fully saturated rings. The second-order valence-electron chi connectivity index (χ2n) is 6.49. The maximum absolute atomic E-state index is 13.0. The topological polar surface area (TPSA) is 119 Å². The number of anilines is 1. The number of methoxy groups -OCH3 is 1. The lowest BCUT2D eigenvalue weighted by Gasteiger charge is -2.27. The smallest absolute Gasteiger partial charge is 0.335 e. The molecule has 1 aliphatic rings. The van der Waals surface area contributed by atoms with Gasteiger partial charge in [-0.15, -0.1) is 0 Å². The number of non-ortho nitro benzene ring substituents is 1. The Morgan fingerprint density at radius 3 is 2.31 bits per heavy atom. The largest absolute Gasteiger partial charge is 0.496 e. The summed E-state index contributed by atoms with van der Waals surface area (Å²) in [6.07, 6.45) is 1.17. The third-order valence-corrected chi connectivity index (χ3v) is 4.29. The number of hydrogen-bond donors (Lipinski definition) is 1. The fourth-order valence-electron chi connectivity index (χ4n) is 3.08. The number of carbonyl (C=O) groups excluding carboxylic acids is 3. The van der Waals surface area contributed by atoms with Crippen LogP contribution in [0.15, 0.2) is 42.0 Å². The summed E-state index contributed by atoms with van der Waals surface area (Å²) in [6, 6.07) is 8.10. The van der Waals surface area contributed by atoms with Gasteiger partial charge in [0.25, 0.3) is 17.5 Å². The molecule has 1 N–H and O–H groups in total. The molecule has 0 aliphatic carbocycles. The average Bonchev–Trinajstić information content (AvgIpc) is 2.64. The Morgan fingerprint density at radius 1 is 1.07 bits per heavy atom. The lowest BCUT2D eigenvalue weighted by molar-refractivity contribution is -0.384. The van der Waals surface area contributed by atoms with Gasteiger partial charge in [0.2, 0.25) is 0 Å². The van der Waals surface area contributed by atoms with Crippen molar-refractivity contribution in [3.8, 4) is 5.75 Å². The first kappa shape index (κ1) is 19.7. The number of nitro groups is 1. The lowest BCUT2D eigenvalue weighted by Crippen LogP contribution is -2.54. The SMILES string of the molecule is COc1ccc([N+](=O)[O-])cc1/C=C1\C(=O)NC(=O)N(c2cc(C)cc(C)c2)C1=O. The van der Waals surface area contributed by atoms with Crippen LogP contribution in [0.5, 0.6) is 5.75 Å². The quantitative estimate of drug-likeness (QED) is 0.368. The predicted octanol–water partition coefficient (Wildman–Crippen LogP) is 2.89. The van der Waals surface area contributed by atoms with Gasteiger partial charge in [-0.2, -0.15) is 0 Å². The summed E-state index contributed by atoms with van der Waals surface area (Å²) in [5.41, 5.74) is 1.57. The van der Waals surface area contributed by atoms with E-state index in [2.05, 4.69) is 5.32 Å². The van der Waals surface area contributed by atoms with Gasteiger partial charge in [-0.05, 0) is 49.2 Å². The second kappa shape index (κ2) is 7.55. The number of nitro benzene ring substituents is 1. The van der Waals surface area contributed by atoms with Crippen LogP contribution in [0, 0.1) is 24.0 Å². The van der Waals surface area contributed by atoms with Crippen molar-refractivity contribution in [3.63, 3.8) is 0 Å². The normalized spacial score (nSPS) is 15.5. The maximum Gasteiger partial charge on any atom is 0.335 e. The molecule has 0 atom stereocenters. The van der Waals surface area contributed by atoms with Crippen molar-refractivity contribution in [1.29, 1.82) is 0 Å². The molecular weight excluding hydrogens is 378 g/mol. The van der Waals surface area contributed by atoms with Crippen LogP contribution in [0.2, 0.25) is 0 Å². The minimum Gasteiger partial charge on any atom is -0.496 e. The minimum atomic E-state index is -0.894. The molecule has 1 aliphatic heterocycles. The van der Waals surface area contributed by atoms with Gasteiger partial charge in [0.15, 0.2) is 0 Å². The van der Waals surface area contributed by atoms with E-state index in [-0.39, 0.29) is 22.6 Å². The first-order chi connectivity index (χ1) is 13.7. The van der Waals surface area contributed by atoms with E-state index in [0.717, 1.165) is 16.0 Å². The number of nitrogens with one attached hydrogen (secondary N) is 1. The maximum atomic E-state index is 13.0. The van der Waals surface area contributed by atoms with E-state index >= 15 is 0 Å². The van der Waals surface area contributed by atoms with Crippen molar-refractivity contribution >= 4 is 35.3 Å². The number of benzene rings is 2. The van der Waals surface area contributed by atoms with Gasteiger partial charge in [0, 0.05) is 17.7 Å². The molecule has 0 spiro atoms. The average molecular weight is 395 g/mol. The molecule has 0 unspecified atom stereocenters. The monoisotopic (exact) mass is 395 g/mol. The molecule has 29 heavy (non-hydrogen) atoms. The summed E-state index contributed by atoms with van der Waals surface area (Å²) in [4.78, 5) is 49.0. The highest BCUT2D eigenvalue weighted by molar-refractivity contribution is 6.39. The van der Waals surface area contributed by atoms with Crippen LogP contribution in [0.3, 0.4) is 0 Å². The van der Waals surface area contributed by atoms with E-state index in [9.17, 15) is 24.5 Å². The van der Waals surface area contributed by atoms with E-state index in [1.807, 2.05) is 19.9 Å². The lowest BCUT2D eigenvalue weighted by atomic mass is 10.0. The molecule has 0 saturated carbocycles. The van der Waals surface area contributed by atoms with Crippen molar-refractivity contribution in [3.05, 3.63) is 68.8 Å². The molecule has 3 rings (SSSR count). The van der Waals surface area contributed by atoms with Crippen molar-refractivity contribution in [2.24, 2.45) is 0 Å². The Hall–Kier alpha value is -4.01. The summed E-state index contributed by atoms with van der Waals surface area (Å²) in [6.45, 7) is 3.64. The fourth-order valence-corrected chi connectivity index (χ4v) is 3.08. The van der Waals surface area contributed by atoms with E-state index in [1.54, 1.807) is 12.1 Å². The zero-order valence-corrected chi connectivity index (χ0v) is 15.9. The number of barbiturate groups is 1. The highest BCUT2D eigenvalue weighted by atomic mass is 16.6. The zero-order chi connectivity index (χ0) is 21.3. The van der Waals surface area contributed by atoms with Crippen LogP contribution >= 0.6 is 0 Å². The Labute approximate surface area is 165 Å². The van der Waals surface area contributed by atoms with Crippen LogP contribution in [0.1, 0.15) is 16.7 Å². The third kappa shape index (κ3) is 3.84. The van der Waals surface area contributed by atoms with Crippen molar-refractivity contribution in [2.75, 3.05) is 12.0 Å². The number of ether oxygens (including phenoxy) is 1. The number of amides is 4. The highest BCUT2D eigenvalue weighted by Gasteiger charge is 2.37. The number of hydrogen-bond acceptors (Lipinski definition) is 6. The van der Waals surface area contributed by atoms with Crippen molar-refractivity contribution in [2.45, 2.75) is 13.8 Å². The van der Waals surface area contributed by atoms with E-state index in [4.69, 9.17) is 4.74 Å². The first-order valence-corrected chi connectivity index (χ1v) is 8.53. The number of rotatable bonds is 4. The van der Waals surface area contributed by atoms with Crippen LogP contribution in [0.25, 0.3) is 6.08 Å². The summed E-state index contributed by atoms with van der Waals surface area (Å²) in [5.74, 6) is -1.50. The van der Waals surface area contributed by atoms with Crippen LogP contribution in [0.4, 0.5) is 16.2 Å². The van der Waals surface area contributed by atoms with Gasteiger partial charge in [-0.3, -0.25) is 25.0 Å². The molecule has 2 aromatic carbocycles. The van der Waals surface area contributed by atoms with Crippen LogP contribution in [-0.4, -0.2) is 29.9 Å². The molecule has 0 radical (unpaired) electrons. The Kier molecular flexibility index (Phi) is 5.14. The van der Waals surface area contributed by atoms with Gasteiger partial charge >= 0.3 is 6.03 Å². The fraction of sp³-hybridized carbons (Fsp3) is 0.150. The minimum absolute atomic E-state index is 0.162. The van der Waals surface area contributed by atoms with Gasteiger partial charge in [-0.1, -0.05) is 6.07 Å². The molecule has 148 valence electrons. The number of carbonyl (C=O) groups is 3. The summed E-state index contributed by atoms with van der Waals surface area (Å²) >= 11 is 0. The van der Waals surface area contributed by atoms with Crippen LogP contribution < -0.4 is 15.0 Å². The molecule has 9 heteroatoms. The Bertz CT molecular complexity index is 1070. The van der Waals surface area contributed by atoms with E-state index < -0.39 is 22.8 Å². The molecule has 4 amide bonds. The zero-order valence-electron chi connectivity index (χ0n) is 15.9. The number of aryl methyl sites for hydroxylation is 2. The molecule has 1 heterocycles. The van der Waals surface area contributed by atoms with E-state index in [1.165, 1.54) is 31.4 Å². The second-order valence-corrected chi connectivity index (χ2v) is 6.49. The third-order valence-electron chi connectivity index (χ3n) is 4.29. The molecular formula is C20H17N3O6. The van der Waals surface area contributed by atoms with Crippen molar-refractivity contribution < 1.29 is 24.0 Å². The van der Waals surface area contributed by atoms with Gasteiger partial charge in [-0.25, -0.2) is 9.69 Å². The van der Waals surface area contributed by atoms with Gasteiger partial charge in [0.05, 0.1) is 17.7 Å². The predicted molar refractivity (Wildman–Crippen MR) is 105 cm³/mol. The number of urea groups is 1. The Morgan fingerprint density at radius 2 is 1.72 bits per heavy atom. The van der Waals surface area contributed by atoms with Gasteiger partial charge < -0.3 is 4.74 Å². The number of nitrogens with zero attached hydrogens (tertiary/aromatic N) is 2. The highest BCUT2D eigenvalue weighted by Crippen LogP contribution is 2.29. The first-order valence-electron chi connectivity index (χ1n) is 8.53. The molecule has 2 aromatic rings. The molecule has 0 bridgehead atoms. The summed E-state index contributed by atoms with van der Waals surface area (Å²) in [5, 5.41) is 13.2. The number of imide groups is 2. The van der Waals surface area contributed by atoms with Crippen molar-refractivity contribution in [1.82, 2.24) is 5.32 Å². The molecule has 9 nitrogen and oxygen atoms in total. The van der Waals surface area contributed by atoms with Crippen LogP contribution in [-0.2, 0) is 9.59 Å². The molecule has 0 aromatic heterocycles. The van der Waals surface area contributed by atoms with E-state index in [0.29, 0.717) is 5.69 Å². The standard InChI is InChI=1S/C20H17N3O6/c1-11-6-12(2)8-15(7-11)22-19(25)16(18(24)21-20(22)26)10-13-9-14(23(27)28)4-5-17(13)29-3/h4-10H,1-3H3,(H,21,24,26)/b16-10+. The summed E-state index contributed by atoms with van der Waals surface area (Å²) < 4.78 is 5.17. The van der Waals surface area contributed by atoms with Gasteiger partial charge in [0.1, 0.15) is 11.3 Å². The summed E-state index contributed by atoms with van der Waals surface area (Å²) in [7, 11) is 1.36.